The van der Waals surface area contributed by atoms with Gasteiger partial charge in [-0.15, -0.1) is 0 Å². The number of hydrogen-bond acceptors (Lipinski definition) is 1. The highest BCUT2D eigenvalue weighted by Gasteiger charge is 2.08. The number of halogens is 1. The fraction of sp³-hybridized carbons (Fsp3) is 0.200. The summed E-state index contributed by atoms with van der Waals surface area (Å²) in [4.78, 5) is 0. The van der Waals surface area contributed by atoms with Gasteiger partial charge in [-0.05, 0) is 25.1 Å². The summed E-state index contributed by atoms with van der Waals surface area (Å²) in [5, 5.41) is 2.88. The van der Waals surface area contributed by atoms with Crippen LogP contribution in [0, 0.1) is 6.92 Å². The van der Waals surface area contributed by atoms with Crippen LogP contribution in [-0.2, 0) is 0 Å². The average molecular weight is 247 g/mol. The molecule has 1 nitrogen and oxygen atoms in total. The van der Waals surface area contributed by atoms with E-state index in [0.717, 1.165) is 21.9 Å². The summed E-state index contributed by atoms with van der Waals surface area (Å²) in [6.45, 7) is 6.07. The molecule has 0 fully saturated rings. The molecule has 0 amide bonds. The predicted octanol–water partition coefficient (Wildman–Crippen LogP) is 5.57. The zero-order chi connectivity index (χ0) is 12.4. The van der Waals surface area contributed by atoms with Crippen LogP contribution < -0.4 is 0 Å². The van der Waals surface area contributed by atoms with Crippen molar-refractivity contribution in [2.75, 3.05) is 0 Å². The van der Waals surface area contributed by atoms with E-state index < -0.39 is 0 Å². The Balaban J connectivity index is 0.000000514. The summed E-state index contributed by atoms with van der Waals surface area (Å²) in [6, 6.07) is 12.0. The topological polar surface area (TPSA) is 13.1 Å². The molecule has 0 aliphatic heterocycles. The molecule has 0 spiro atoms. The van der Waals surface area contributed by atoms with Crippen LogP contribution in [0.25, 0.3) is 21.9 Å². The van der Waals surface area contributed by atoms with Gasteiger partial charge in [0.15, 0.2) is 5.58 Å². The third-order valence-electron chi connectivity index (χ3n) is 2.60. The standard InChI is InChI=1S/C13H9ClO.C2H6/c1-8-5-6-12-10(7-8)9-3-2-4-11(14)13(9)15-12;1-2/h2-7H,1H3;1-2H3. The Morgan fingerprint density at radius 2 is 1.76 bits per heavy atom. The second kappa shape index (κ2) is 4.80. The molecule has 3 rings (SSSR count). The second-order valence-electron chi connectivity index (χ2n) is 3.72. The van der Waals surface area contributed by atoms with Crippen molar-refractivity contribution in [2.45, 2.75) is 20.8 Å². The Bertz CT molecular complexity index is 652. The molecule has 17 heavy (non-hydrogen) atoms. The van der Waals surface area contributed by atoms with Gasteiger partial charge in [-0.2, -0.15) is 0 Å². The molecule has 0 bridgehead atoms. The monoisotopic (exact) mass is 246 g/mol. The minimum absolute atomic E-state index is 0.668. The highest BCUT2D eigenvalue weighted by Crippen LogP contribution is 2.33. The number of hydrogen-bond donors (Lipinski definition) is 0. The van der Waals surface area contributed by atoms with Crippen LogP contribution in [0.2, 0.25) is 5.02 Å². The molecule has 0 unspecified atom stereocenters. The minimum Gasteiger partial charge on any atom is -0.454 e. The van der Waals surface area contributed by atoms with Gasteiger partial charge in [0.05, 0.1) is 5.02 Å². The maximum Gasteiger partial charge on any atom is 0.153 e. The lowest BCUT2D eigenvalue weighted by Crippen LogP contribution is -1.70. The van der Waals surface area contributed by atoms with E-state index in [1.54, 1.807) is 0 Å². The Morgan fingerprint density at radius 1 is 1.00 bits per heavy atom. The van der Waals surface area contributed by atoms with Gasteiger partial charge < -0.3 is 4.42 Å². The summed E-state index contributed by atoms with van der Waals surface area (Å²) in [5.74, 6) is 0. The van der Waals surface area contributed by atoms with Gasteiger partial charge in [-0.3, -0.25) is 0 Å². The first-order chi connectivity index (χ1) is 8.25. The smallest absolute Gasteiger partial charge is 0.153 e. The van der Waals surface area contributed by atoms with Crippen LogP contribution >= 0.6 is 11.6 Å². The predicted molar refractivity (Wildman–Crippen MR) is 74.8 cm³/mol. The van der Waals surface area contributed by atoms with Crippen molar-refractivity contribution >= 4 is 33.5 Å². The SMILES string of the molecule is CC.Cc1ccc2oc3c(Cl)cccc3c2c1. The summed E-state index contributed by atoms with van der Waals surface area (Å²) < 4.78 is 5.71. The number of aryl methyl sites for hydroxylation is 1. The molecule has 1 aromatic heterocycles. The van der Waals surface area contributed by atoms with E-state index in [0.29, 0.717) is 5.02 Å². The Morgan fingerprint density at radius 3 is 2.53 bits per heavy atom. The molecular weight excluding hydrogens is 232 g/mol. The lowest BCUT2D eigenvalue weighted by atomic mass is 10.1. The normalized spacial score (nSPS) is 10.4. The van der Waals surface area contributed by atoms with Crippen molar-refractivity contribution in [1.82, 2.24) is 0 Å². The summed E-state index contributed by atoms with van der Waals surface area (Å²) >= 11 is 6.07. The van der Waals surface area contributed by atoms with Gasteiger partial charge in [-0.25, -0.2) is 0 Å². The third kappa shape index (κ3) is 2.03. The lowest BCUT2D eigenvalue weighted by molar-refractivity contribution is 0.669. The van der Waals surface area contributed by atoms with Crippen molar-refractivity contribution in [3.05, 3.63) is 47.0 Å². The number of fused-ring (bicyclic) bond motifs is 3. The summed E-state index contributed by atoms with van der Waals surface area (Å²) in [5.41, 5.74) is 2.90. The maximum absolute atomic E-state index is 6.07. The van der Waals surface area contributed by atoms with Crippen LogP contribution in [0.15, 0.2) is 40.8 Å². The molecular formula is C15H15ClO. The quantitative estimate of drug-likeness (QED) is 0.505. The second-order valence-corrected chi connectivity index (χ2v) is 4.13. The average Bonchev–Trinajstić information content (AvgIpc) is 2.72. The van der Waals surface area contributed by atoms with Gasteiger partial charge in [-0.1, -0.05) is 49.2 Å². The molecule has 0 saturated carbocycles. The summed E-state index contributed by atoms with van der Waals surface area (Å²) in [6.07, 6.45) is 0. The summed E-state index contributed by atoms with van der Waals surface area (Å²) in [7, 11) is 0. The van der Waals surface area contributed by atoms with Crippen LogP contribution in [0.1, 0.15) is 19.4 Å². The molecule has 3 aromatic rings. The minimum atomic E-state index is 0.668. The van der Waals surface area contributed by atoms with Crippen molar-refractivity contribution in [3.63, 3.8) is 0 Å². The fourth-order valence-corrected chi connectivity index (χ4v) is 2.09. The van der Waals surface area contributed by atoms with Crippen LogP contribution in [-0.4, -0.2) is 0 Å². The van der Waals surface area contributed by atoms with Crippen LogP contribution in [0.3, 0.4) is 0 Å². The molecule has 0 aliphatic rings. The number of rotatable bonds is 0. The first-order valence-corrected chi connectivity index (χ1v) is 6.21. The van der Waals surface area contributed by atoms with E-state index in [9.17, 15) is 0 Å². The van der Waals surface area contributed by atoms with Gasteiger partial charge >= 0.3 is 0 Å². The van der Waals surface area contributed by atoms with Gasteiger partial charge in [0.2, 0.25) is 0 Å². The number of para-hydroxylation sites is 1. The van der Waals surface area contributed by atoms with Crippen LogP contribution in [0.5, 0.6) is 0 Å². The molecule has 0 aliphatic carbocycles. The van der Waals surface area contributed by atoms with E-state index in [-0.39, 0.29) is 0 Å². The number of benzene rings is 2. The van der Waals surface area contributed by atoms with E-state index >= 15 is 0 Å². The van der Waals surface area contributed by atoms with Crippen molar-refractivity contribution in [3.8, 4) is 0 Å². The number of furan rings is 1. The Labute approximate surface area is 106 Å². The highest BCUT2D eigenvalue weighted by atomic mass is 35.5. The van der Waals surface area contributed by atoms with E-state index in [2.05, 4.69) is 13.0 Å². The van der Waals surface area contributed by atoms with E-state index in [4.69, 9.17) is 16.0 Å². The Hall–Kier alpha value is -1.47. The molecule has 88 valence electrons. The highest BCUT2D eigenvalue weighted by molar-refractivity contribution is 6.35. The molecule has 2 aromatic carbocycles. The van der Waals surface area contributed by atoms with Crippen molar-refractivity contribution < 1.29 is 4.42 Å². The molecule has 0 atom stereocenters. The Kier molecular flexibility index (Phi) is 3.39. The first kappa shape index (κ1) is 12.0. The zero-order valence-electron chi connectivity index (χ0n) is 10.3. The molecule has 0 radical (unpaired) electrons. The molecule has 0 N–H and O–H groups in total. The fourth-order valence-electron chi connectivity index (χ4n) is 1.88. The maximum atomic E-state index is 6.07. The van der Waals surface area contributed by atoms with E-state index in [1.165, 1.54) is 5.56 Å². The van der Waals surface area contributed by atoms with Crippen molar-refractivity contribution in [2.24, 2.45) is 0 Å². The molecule has 2 heteroatoms. The molecule has 0 saturated heterocycles. The largest absolute Gasteiger partial charge is 0.454 e. The van der Waals surface area contributed by atoms with E-state index in [1.807, 2.05) is 44.2 Å². The first-order valence-electron chi connectivity index (χ1n) is 5.83. The van der Waals surface area contributed by atoms with Crippen LogP contribution in [0.4, 0.5) is 0 Å². The zero-order valence-corrected chi connectivity index (χ0v) is 11.0. The lowest BCUT2D eigenvalue weighted by Gasteiger charge is -1.91. The van der Waals surface area contributed by atoms with Gasteiger partial charge in [0.1, 0.15) is 5.58 Å². The van der Waals surface area contributed by atoms with Crippen molar-refractivity contribution in [1.29, 1.82) is 0 Å². The third-order valence-corrected chi connectivity index (χ3v) is 2.90. The molecule has 1 heterocycles. The van der Waals surface area contributed by atoms with Gasteiger partial charge in [0, 0.05) is 10.8 Å². The van der Waals surface area contributed by atoms with Gasteiger partial charge in [0.25, 0.3) is 0 Å².